The summed E-state index contributed by atoms with van der Waals surface area (Å²) in [5.74, 6) is -0.259. The van der Waals surface area contributed by atoms with E-state index in [-0.39, 0.29) is 11.9 Å². The van der Waals surface area contributed by atoms with Gasteiger partial charge in [0.1, 0.15) is 0 Å². The summed E-state index contributed by atoms with van der Waals surface area (Å²) in [4.78, 5) is 22.7. The molecule has 0 unspecified atom stereocenters. The number of amides is 1. The highest BCUT2D eigenvalue weighted by atomic mass is 79.9. The first kappa shape index (κ1) is 15.7. The Bertz CT molecular complexity index is 434. The van der Waals surface area contributed by atoms with Crippen molar-refractivity contribution in [2.45, 2.75) is 26.2 Å². The minimum absolute atomic E-state index is 0.0399. The fourth-order valence-electron chi connectivity index (χ4n) is 1.59. The Kier molecular flexibility index (Phi) is 7.18. The van der Waals surface area contributed by atoms with Crippen molar-refractivity contribution < 1.29 is 14.3 Å². The molecule has 0 radical (unpaired) electrons. The van der Waals surface area contributed by atoms with Crippen LogP contribution in [0.3, 0.4) is 0 Å². The van der Waals surface area contributed by atoms with E-state index in [9.17, 15) is 9.59 Å². The van der Waals surface area contributed by atoms with Gasteiger partial charge in [0, 0.05) is 17.4 Å². The first-order valence-electron chi connectivity index (χ1n) is 6.28. The molecule has 0 aromatic heterocycles. The van der Waals surface area contributed by atoms with Crippen molar-refractivity contribution >= 4 is 27.8 Å². The van der Waals surface area contributed by atoms with Crippen molar-refractivity contribution in [2.75, 3.05) is 13.2 Å². The van der Waals surface area contributed by atoms with Gasteiger partial charge in [0.05, 0.1) is 13.0 Å². The highest BCUT2D eigenvalue weighted by Gasteiger charge is 2.05. The molecule has 1 rings (SSSR count). The van der Waals surface area contributed by atoms with E-state index in [2.05, 4.69) is 21.2 Å². The van der Waals surface area contributed by atoms with Crippen LogP contribution in [0.2, 0.25) is 0 Å². The number of benzene rings is 1. The summed E-state index contributed by atoms with van der Waals surface area (Å²) in [6.07, 6.45) is 1.28. The number of nitrogens with one attached hydrogen (secondary N) is 1. The molecule has 104 valence electrons. The Morgan fingerprint density at radius 1 is 1.37 bits per heavy atom. The molecular weight excluding hydrogens is 310 g/mol. The summed E-state index contributed by atoms with van der Waals surface area (Å²) in [6, 6.07) is 7.63. The normalized spacial score (nSPS) is 10.0. The van der Waals surface area contributed by atoms with E-state index < -0.39 is 0 Å². The maximum absolute atomic E-state index is 11.7. The van der Waals surface area contributed by atoms with Crippen molar-refractivity contribution in [1.29, 1.82) is 0 Å². The molecule has 19 heavy (non-hydrogen) atoms. The summed E-state index contributed by atoms with van der Waals surface area (Å²) < 4.78 is 5.76. The van der Waals surface area contributed by atoms with E-state index >= 15 is 0 Å². The van der Waals surface area contributed by atoms with Gasteiger partial charge in [-0.1, -0.05) is 28.1 Å². The molecule has 0 saturated heterocycles. The van der Waals surface area contributed by atoms with Crippen LogP contribution in [0.1, 0.15) is 25.3 Å². The minimum Gasteiger partial charge on any atom is -0.466 e. The lowest BCUT2D eigenvalue weighted by Gasteiger charge is -2.05. The van der Waals surface area contributed by atoms with Gasteiger partial charge in [-0.05, 0) is 31.0 Å². The van der Waals surface area contributed by atoms with Crippen LogP contribution in [-0.2, 0) is 20.7 Å². The molecule has 1 amide bonds. The zero-order chi connectivity index (χ0) is 14.1. The lowest BCUT2D eigenvalue weighted by molar-refractivity contribution is -0.143. The predicted molar refractivity (Wildman–Crippen MR) is 76.7 cm³/mol. The summed E-state index contributed by atoms with van der Waals surface area (Å²) in [7, 11) is 0. The summed E-state index contributed by atoms with van der Waals surface area (Å²) in [5, 5.41) is 2.79. The topological polar surface area (TPSA) is 55.4 Å². The molecule has 1 aromatic rings. The number of halogens is 1. The fraction of sp³-hybridized carbons (Fsp3) is 0.429. The van der Waals surface area contributed by atoms with Crippen LogP contribution in [0.15, 0.2) is 28.7 Å². The van der Waals surface area contributed by atoms with Gasteiger partial charge in [-0.2, -0.15) is 0 Å². The van der Waals surface area contributed by atoms with Crippen molar-refractivity contribution in [3.05, 3.63) is 34.3 Å². The van der Waals surface area contributed by atoms with Crippen LogP contribution in [0.4, 0.5) is 0 Å². The van der Waals surface area contributed by atoms with Crippen molar-refractivity contribution in [1.82, 2.24) is 5.32 Å². The third-order valence-electron chi connectivity index (χ3n) is 2.44. The Labute approximate surface area is 121 Å². The van der Waals surface area contributed by atoms with Crippen LogP contribution < -0.4 is 5.32 Å². The van der Waals surface area contributed by atoms with E-state index in [0.717, 1.165) is 10.0 Å². The van der Waals surface area contributed by atoms with Crippen LogP contribution in [0.25, 0.3) is 0 Å². The van der Waals surface area contributed by atoms with E-state index in [0.29, 0.717) is 32.4 Å². The lowest BCUT2D eigenvalue weighted by Crippen LogP contribution is -2.26. The van der Waals surface area contributed by atoms with E-state index in [1.54, 1.807) is 6.92 Å². The van der Waals surface area contributed by atoms with Gasteiger partial charge in [0.15, 0.2) is 0 Å². The zero-order valence-corrected chi connectivity index (χ0v) is 12.5. The highest BCUT2D eigenvalue weighted by Crippen LogP contribution is 2.11. The number of carbonyl (C=O) groups excluding carboxylic acids is 2. The highest BCUT2D eigenvalue weighted by molar-refractivity contribution is 9.10. The molecule has 0 fully saturated rings. The van der Waals surface area contributed by atoms with Gasteiger partial charge in [0.25, 0.3) is 0 Å². The van der Waals surface area contributed by atoms with Gasteiger partial charge >= 0.3 is 5.97 Å². The van der Waals surface area contributed by atoms with Gasteiger partial charge in [-0.3, -0.25) is 9.59 Å². The Morgan fingerprint density at radius 2 is 2.16 bits per heavy atom. The van der Waals surface area contributed by atoms with E-state index in [1.807, 2.05) is 24.3 Å². The molecule has 4 nitrogen and oxygen atoms in total. The third-order valence-corrected chi connectivity index (χ3v) is 2.93. The summed E-state index contributed by atoms with van der Waals surface area (Å²) >= 11 is 3.36. The van der Waals surface area contributed by atoms with E-state index in [1.165, 1.54) is 0 Å². The van der Waals surface area contributed by atoms with Gasteiger partial charge in [0.2, 0.25) is 5.91 Å². The molecule has 0 aliphatic rings. The predicted octanol–water partition coefficient (Wildman–Crippen LogP) is 2.45. The fourth-order valence-corrected chi connectivity index (χ4v) is 2.04. The maximum Gasteiger partial charge on any atom is 0.305 e. The minimum atomic E-state index is -0.219. The second-order valence-electron chi connectivity index (χ2n) is 4.07. The van der Waals surface area contributed by atoms with Gasteiger partial charge < -0.3 is 10.1 Å². The number of ether oxygens (including phenoxy) is 1. The number of rotatable bonds is 7. The molecule has 0 aliphatic carbocycles. The average Bonchev–Trinajstić information content (AvgIpc) is 2.35. The molecule has 0 heterocycles. The molecule has 5 heteroatoms. The molecule has 0 saturated carbocycles. The van der Waals surface area contributed by atoms with Crippen molar-refractivity contribution in [3.8, 4) is 0 Å². The molecule has 0 bridgehead atoms. The Hall–Kier alpha value is -1.36. The van der Waals surface area contributed by atoms with Crippen molar-refractivity contribution in [2.24, 2.45) is 0 Å². The smallest absolute Gasteiger partial charge is 0.305 e. The van der Waals surface area contributed by atoms with Crippen LogP contribution in [0, 0.1) is 0 Å². The second kappa shape index (κ2) is 8.69. The first-order chi connectivity index (χ1) is 9.11. The summed E-state index contributed by atoms with van der Waals surface area (Å²) in [6.45, 7) is 2.66. The molecule has 1 aromatic carbocycles. The quantitative estimate of drug-likeness (QED) is 0.618. The second-order valence-corrected chi connectivity index (χ2v) is 4.98. The largest absolute Gasteiger partial charge is 0.466 e. The molecule has 0 spiro atoms. The number of hydrogen-bond donors (Lipinski definition) is 1. The monoisotopic (exact) mass is 327 g/mol. The SMILES string of the molecule is CCOC(=O)CCCNC(=O)Cc1cccc(Br)c1. The van der Waals surface area contributed by atoms with Gasteiger partial charge in [-0.25, -0.2) is 0 Å². The molecule has 1 N–H and O–H groups in total. The van der Waals surface area contributed by atoms with E-state index in [4.69, 9.17) is 4.74 Å². The number of carbonyl (C=O) groups is 2. The Balaban J connectivity index is 2.20. The molecular formula is C14H18BrNO3. The average molecular weight is 328 g/mol. The number of esters is 1. The van der Waals surface area contributed by atoms with Crippen LogP contribution in [0.5, 0.6) is 0 Å². The Morgan fingerprint density at radius 3 is 2.84 bits per heavy atom. The van der Waals surface area contributed by atoms with Crippen LogP contribution >= 0.6 is 15.9 Å². The molecule has 0 atom stereocenters. The molecule has 0 aliphatic heterocycles. The maximum atomic E-state index is 11.7. The van der Waals surface area contributed by atoms with Crippen LogP contribution in [-0.4, -0.2) is 25.0 Å². The zero-order valence-electron chi connectivity index (χ0n) is 10.9. The standard InChI is InChI=1S/C14H18BrNO3/c1-2-19-14(18)7-4-8-16-13(17)10-11-5-3-6-12(15)9-11/h3,5-6,9H,2,4,7-8,10H2,1H3,(H,16,17). The third kappa shape index (κ3) is 6.96. The summed E-state index contributed by atoms with van der Waals surface area (Å²) in [5.41, 5.74) is 0.956. The lowest BCUT2D eigenvalue weighted by atomic mass is 10.1. The van der Waals surface area contributed by atoms with Gasteiger partial charge in [-0.15, -0.1) is 0 Å². The van der Waals surface area contributed by atoms with Crippen molar-refractivity contribution in [3.63, 3.8) is 0 Å². The number of hydrogen-bond acceptors (Lipinski definition) is 3. The first-order valence-corrected chi connectivity index (χ1v) is 7.08.